The highest BCUT2D eigenvalue weighted by atomic mass is 35.5. The number of carbonyl (C=O) groups excluding carboxylic acids is 1. The van der Waals surface area contributed by atoms with Gasteiger partial charge >= 0.3 is 0 Å². The van der Waals surface area contributed by atoms with Crippen molar-refractivity contribution in [2.24, 2.45) is 0 Å². The lowest BCUT2D eigenvalue weighted by Gasteiger charge is -2.05. The molecular formula is C15H14ClN7O. The van der Waals surface area contributed by atoms with Gasteiger partial charge in [-0.1, -0.05) is 11.6 Å². The van der Waals surface area contributed by atoms with Crippen molar-refractivity contribution in [2.75, 3.05) is 16.4 Å². The maximum atomic E-state index is 11.0. The number of benzene rings is 1. The second-order valence-corrected chi connectivity index (χ2v) is 5.31. The molecule has 4 N–H and O–H groups in total. The average Bonchev–Trinajstić information content (AvgIpc) is 2.89. The SMILES string of the molecule is CC(=O)Nc1ccc(Nc2nc(N)n(-c3ccnc(Cl)c3)n2)cc1. The lowest BCUT2D eigenvalue weighted by atomic mass is 10.3. The van der Waals surface area contributed by atoms with E-state index in [1.807, 2.05) is 0 Å². The maximum absolute atomic E-state index is 11.0. The number of halogens is 1. The number of anilines is 4. The van der Waals surface area contributed by atoms with Crippen LogP contribution in [0.15, 0.2) is 42.6 Å². The van der Waals surface area contributed by atoms with Crippen LogP contribution < -0.4 is 16.4 Å². The van der Waals surface area contributed by atoms with Crippen LogP contribution in [0.2, 0.25) is 5.15 Å². The number of hydrogen-bond donors (Lipinski definition) is 3. The molecule has 1 amide bonds. The van der Waals surface area contributed by atoms with Crippen LogP contribution in [0.5, 0.6) is 0 Å². The zero-order valence-electron chi connectivity index (χ0n) is 12.7. The fraction of sp³-hybridized carbons (Fsp3) is 0.0667. The van der Waals surface area contributed by atoms with Crippen LogP contribution in [0, 0.1) is 0 Å². The van der Waals surface area contributed by atoms with Crippen molar-refractivity contribution in [3.05, 3.63) is 47.7 Å². The number of pyridine rings is 1. The first-order valence-electron chi connectivity index (χ1n) is 7.00. The van der Waals surface area contributed by atoms with E-state index in [0.29, 0.717) is 22.5 Å². The Hall–Kier alpha value is -3.13. The van der Waals surface area contributed by atoms with Crippen LogP contribution in [-0.2, 0) is 4.79 Å². The van der Waals surface area contributed by atoms with Crippen molar-refractivity contribution in [3.63, 3.8) is 0 Å². The second-order valence-electron chi connectivity index (χ2n) is 4.93. The molecule has 0 bridgehead atoms. The van der Waals surface area contributed by atoms with Gasteiger partial charge in [0.15, 0.2) is 0 Å². The van der Waals surface area contributed by atoms with E-state index in [0.717, 1.165) is 5.69 Å². The summed E-state index contributed by atoms with van der Waals surface area (Å²) >= 11 is 5.88. The van der Waals surface area contributed by atoms with Gasteiger partial charge in [0.25, 0.3) is 0 Å². The highest BCUT2D eigenvalue weighted by Gasteiger charge is 2.09. The molecule has 122 valence electrons. The first-order valence-corrected chi connectivity index (χ1v) is 7.38. The summed E-state index contributed by atoms with van der Waals surface area (Å²) in [5.41, 5.74) is 8.02. The van der Waals surface area contributed by atoms with E-state index in [9.17, 15) is 4.79 Å². The first-order chi connectivity index (χ1) is 11.5. The highest BCUT2D eigenvalue weighted by molar-refractivity contribution is 6.29. The molecule has 3 aromatic rings. The fourth-order valence-electron chi connectivity index (χ4n) is 2.06. The first kappa shape index (κ1) is 15.8. The van der Waals surface area contributed by atoms with Crippen molar-refractivity contribution in [1.82, 2.24) is 19.7 Å². The number of hydrogen-bond acceptors (Lipinski definition) is 6. The molecule has 3 rings (SSSR count). The van der Waals surface area contributed by atoms with Crippen molar-refractivity contribution < 1.29 is 4.79 Å². The molecule has 2 heterocycles. The molecule has 0 fully saturated rings. The van der Waals surface area contributed by atoms with Gasteiger partial charge in [-0.15, -0.1) is 5.10 Å². The Morgan fingerprint density at radius 3 is 2.58 bits per heavy atom. The van der Waals surface area contributed by atoms with Crippen LogP contribution in [-0.4, -0.2) is 25.7 Å². The minimum absolute atomic E-state index is 0.125. The predicted molar refractivity (Wildman–Crippen MR) is 92.6 cm³/mol. The minimum Gasteiger partial charge on any atom is -0.368 e. The van der Waals surface area contributed by atoms with Crippen LogP contribution in [0.1, 0.15) is 6.92 Å². The Labute approximate surface area is 142 Å². The molecular weight excluding hydrogens is 330 g/mol. The lowest BCUT2D eigenvalue weighted by molar-refractivity contribution is -0.114. The molecule has 0 saturated carbocycles. The van der Waals surface area contributed by atoms with Crippen LogP contribution >= 0.6 is 11.6 Å². The molecule has 0 spiro atoms. The zero-order valence-corrected chi connectivity index (χ0v) is 13.4. The van der Waals surface area contributed by atoms with Gasteiger partial charge in [-0.25, -0.2) is 4.98 Å². The average molecular weight is 344 g/mol. The number of nitrogen functional groups attached to an aromatic ring is 1. The third-order valence-corrected chi connectivity index (χ3v) is 3.26. The lowest BCUT2D eigenvalue weighted by Crippen LogP contribution is -2.05. The molecule has 0 unspecified atom stereocenters. The van der Waals surface area contributed by atoms with Gasteiger partial charge in [-0.3, -0.25) is 4.79 Å². The molecule has 2 aromatic heterocycles. The molecule has 9 heteroatoms. The van der Waals surface area contributed by atoms with Crippen molar-refractivity contribution in [3.8, 4) is 5.69 Å². The summed E-state index contributed by atoms with van der Waals surface area (Å²) in [7, 11) is 0. The fourth-order valence-corrected chi connectivity index (χ4v) is 2.23. The van der Waals surface area contributed by atoms with E-state index in [1.165, 1.54) is 11.6 Å². The Morgan fingerprint density at radius 1 is 1.21 bits per heavy atom. The van der Waals surface area contributed by atoms with Gasteiger partial charge in [-0.05, 0) is 30.3 Å². The molecule has 1 aromatic carbocycles. The summed E-state index contributed by atoms with van der Waals surface area (Å²) in [5, 5.41) is 10.4. The minimum atomic E-state index is -0.125. The van der Waals surface area contributed by atoms with Gasteiger partial charge < -0.3 is 16.4 Å². The number of rotatable bonds is 4. The smallest absolute Gasteiger partial charge is 0.248 e. The van der Waals surface area contributed by atoms with Crippen molar-refractivity contribution in [1.29, 1.82) is 0 Å². The largest absolute Gasteiger partial charge is 0.368 e. The number of aromatic nitrogens is 4. The number of nitrogens with one attached hydrogen (secondary N) is 2. The van der Waals surface area contributed by atoms with Gasteiger partial charge in [0.05, 0.1) is 5.69 Å². The molecule has 0 saturated heterocycles. The van der Waals surface area contributed by atoms with Gasteiger partial charge in [0.1, 0.15) is 5.15 Å². The number of amides is 1. The van der Waals surface area contributed by atoms with Crippen LogP contribution in [0.25, 0.3) is 5.69 Å². The second kappa shape index (κ2) is 6.55. The maximum Gasteiger partial charge on any atom is 0.248 e. The molecule has 0 aliphatic rings. The van der Waals surface area contributed by atoms with E-state index in [-0.39, 0.29) is 11.9 Å². The van der Waals surface area contributed by atoms with E-state index < -0.39 is 0 Å². The number of nitrogens with zero attached hydrogens (tertiary/aromatic N) is 4. The van der Waals surface area contributed by atoms with E-state index in [4.69, 9.17) is 17.3 Å². The van der Waals surface area contributed by atoms with Crippen LogP contribution in [0.3, 0.4) is 0 Å². The van der Waals surface area contributed by atoms with Gasteiger partial charge in [0.2, 0.25) is 17.8 Å². The summed E-state index contributed by atoms with van der Waals surface area (Å²) in [6, 6.07) is 10.5. The predicted octanol–water partition coefficient (Wildman–Crippen LogP) is 2.60. The Bertz CT molecular complexity index is 876. The molecule has 0 aliphatic carbocycles. The molecule has 0 radical (unpaired) electrons. The third kappa shape index (κ3) is 3.61. The molecule has 24 heavy (non-hydrogen) atoms. The quantitative estimate of drug-likeness (QED) is 0.628. The molecule has 8 nitrogen and oxygen atoms in total. The zero-order chi connectivity index (χ0) is 17.1. The number of nitrogens with two attached hydrogens (primary N) is 1. The van der Waals surface area contributed by atoms with Crippen molar-refractivity contribution >= 4 is 40.8 Å². The summed E-state index contributed by atoms with van der Waals surface area (Å²) in [5.74, 6) is 0.433. The summed E-state index contributed by atoms with van der Waals surface area (Å²) in [4.78, 5) is 19.1. The normalized spacial score (nSPS) is 10.4. The van der Waals surface area contributed by atoms with Crippen molar-refractivity contribution in [2.45, 2.75) is 6.92 Å². The van der Waals surface area contributed by atoms with E-state index >= 15 is 0 Å². The Morgan fingerprint density at radius 2 is 1.92 bits per heavy atom. The highest BCUT2D eigenvalue weighted by Crippen LogP contribution is 2.20. The summed E-state index contributed by atoms with van der Waals surface area (Å²) in [6.07, 6.45) is 1.56. The van der Waals surface area contributed by atoms with Gasteiger partial charge in [0, 0.05) is 30.6 Å². The monoisotopic (exact) mass is 343 g/mol. The topological polar surface area (TPSA) is 111 Å². The Kier molecular flexibility index (Phi) is 4.30. The van der Waals surface area contributed by atoms with E-state index in [1.54, 1.807) is 42.6 Å². The summed E-state index contributed by atoms with van der Waals surface area (Å²) in [6.45, 7) is 1.46. The standard InChI is InChI=1S/C15H14ClN7O/c1-9(24)19-10-2-4-11(5-3-10)20-15-21-14(17)23(22-15)12-6-7-18-13(16)8-12/h2-8H,1H3,(H,19,24)(H3,17,20,21,22). The van der Waals surface area contributed by atoms with E-state index in [2.05, 4.69) is 25.7 Å². The summed E-state index contributed by atoms with van der Waals surface area (Å²) < 4.78 is 1.46. The van der Waals surface area contributed by atoms with Crippen LogP contribution in [0.4, 0.5) is 23.3 Å². The number of carbonyl (C=O) groups is 1. The third-order valence-electron chi connectivity index (χ3n) is 3.05. The molecule has 0 aliphatic heterocycles. The molecule has 0 atom stereocenters. The Balaban J connectivity index is 1.79. The van der Waals surface area contributed by atoms with Gasteiger partial charge in [-0.2, -0.15) is 9.67 Å².